The van der Waals surface area contributed by atoms with Crippen LogP contribution in [-0.4, -0.2) is 65.4 Å². The molecule has 0 aliphatic carbocycles. The van der Waals surface area contributed by atoms with Crippen LogP contribution in [-0.2, 0) is 9.53 Å². The van der Waals surface area contributed by atoms with E-state index in [2.05, 4.69) is 9.97 Å². The van der Waals surface area contributed by atoms with Gasteiger partial charge in [0.2, 0.25) is 11.8 Å². The first-order valence-corrected chi connectivity index (χ1v) is 6.82. The molecule has 22 heavy (non-hydrogen) atoms. The topological polar surface area (TPSA) is 142 Å². The lowest BCUT2D eigenvalue weighted by Crippen LogP contribution is -2.50. The minimum Gasteiger partial charge on any atom is -0.394 e. The fourth-order valence-electron chi connectivity index (χ4n) is 2.97. The van der Waals surface area contributed by atoms with Crippen LogP contribution >= 0.6 is 0 Å². The fourth-order valence-corrected chi connectivity index (χ4v) is 2.97. The van der Waals surface area contributed by atoms with Crippen molar-refractivity contribution >= 4 is 23.9 Å². The standard InChI is InChI=1S/C12H17N5O5/c1-17(5-19)4-16(8-2-6(20)7(3-18)22-8)10-9(17)11(21)15-12(13)14-10/h5-8,18,20H,2-4H2,1H3,(H2-,13,14,15,21)/p+1/t6-,7+,8+,17?/m0/s1. The molecular weight excluding hydrogens is 294 g/mol. The maximum Gasteiger partial charge on any atom is 0.316 e. The average Bonchev–Trinajstić information content (AvgIpc) is 2.97. The number of carbonyl (C=O) groups excluding carboxylic acids is 1. The highest BCUT2D eigenvalue weighted by molar-refractivity contribution is 5.81. The van der Waals surface area contributed by atoms with Crippen molar-refractivity contribution in [2.24, 2.45) is 0 Å². The smallest absolute Gasteiger partial charge is 0.316 e. The molecule has 120 valence electrons. The summed E-state index contributed by atoms with van der Waals surface area (Å²) in [7, 11) is 1.58. The number of anilines is 2. The normalized spacial score (nSPS) is 34.0. The second-order valence-electron chi connectivity index (χ2n) is 5.72. The van der Waals surface area contributed by atoms with Gasteiger partial charge in [0, 0.05) is 6.42 Å². The number of quaternary nitrogens is 1. The highest BCUT2D eigenvalue weighted by Gasteiger charge is 2.49. The Bertz CT molecular complexity index is 664. The Kier molecular flexibility index (Phi) is 3.40. The Morgan fingerprint density at radius 3 is 2.95 bits per heavy atom. The van der Waals surface area contributed by atoms with Crippen LogP contribution in [0, 0.1) is 0 Å². The van der Waals surface area contributed by atoms with Crippen LogP contribution in [0.5, 0.6) is 0 Å². The Labute approximate surface area is 125 Å². The maximum absolute atomic E-state index is 12.1. The van der Waals surface area contributed by atoms with Crippen molar-refractivity contribution in [3.63, 3.8) is 0 Å². The van der Waals surface area contributed by atoms with Gasteiger partial charge < -0.3 is 20.7 Å². The van der Waals surface area contributed by atoms with Crippen LogP contribution in [0.3, 0.4) is 0 Å². The van der Waals surface area contributed by atoms with Crippen molar-refractivity contribution in [3.8, 4) is 0 Å². The number of rotatable bonds is 3. The molecule has 1 aromatic heterocycles. The lowest BCUT2D eigenvalue weighted by atomic mass is 10.2. The number of aliphatic hydroxyl groups excluding tert-OH is 2. The Morgan fingerprint density at radius 1 is 1.64 bits per heavy atom. The number of carbonyl (C=O) groups is 1. The van der Waals surface area contributed by atoms with Crippen LogP contribution in [0.25, 0.3) is 0 Å². The molecule has 1 aromatic rings. The van der Waals surface area contributed by atoms with Gasteiger partial charge in [0.1, 0.15) is 12.3 Å². The van der Waals surface area contributed by atoms with Gasteiger partial charge in [-0.3, -0.25) is 14.7 Å². The number of H-pyrrole nitrogens is 1. The van der Waals surface area contributed by atoms with Crippen LogP contribution in [0.1, 0.15) is 6.42 Å². The number of nitrogen functional groups attached to an aromatic ring is 1. The van der Waals surface area contributed by atoms with E-state index < -0.39 is 24.0 Å². The van der Waals surface area contributed by atoms with Gasteiger partial charge in [0.15, 0.2) is 6.67 Å². The molecule has 10 nitrogen and oxygen atoms in total. The molecule has 10 heteroatoms. The molecule has 1 amide bonds. The monoisotopic (exact) mass is 312 g/mol. The molecule has 2 aliphatic rings. The molecule has 0 bridgehead atoms. The van der Waals surface area contributed by atoms with E-state index in [4.69, 9.17) is 10.5 Å². The molecule has 3 rings (SSSR count). The fraction of sp³-hybridized carbons (Fsp3) is 0.583. The molecule has 0 radical (unpaired) electrons. The summed E-state index contributed by atoms with van der Waals surface area (Å²) in [4.78, 5) is 31.7. The number of amides is 1. The summed E-state index contributed by atoms with van der Waals surface area (Å²) in [5, 5.41) is 19.0. The summed E-state index contributed by atoms with van der Waals surface area (Å²) >= 11 is 0. The van der Waals surface area contributed by atoms with Gasteiger partial charge >= 0.3 is 12.0 Å². The minimum atomic E-state index is -0.826. The van der Waals surface area contributed by atoms with Gasteiger partial charge in [-0.25, -0.2) is 9.28 Å². The highest BCUT2D eigenvalue weighted by atomic mass is 16.5. The van der Waals surface area contributed by atoms with E-state index in [1.807, 2.05) is 0 Å². The number of nitrogens with two attached hydrogens (primary N) is 1. The first-order valence-electron chi connectivity index (χ1n) is 6.82. The van der Waals surface area contributed by atoms with Crippen molar-refractivity contribution in [3.05, 3.63) is 10.4 Å². The van der Waals surface area contributed by atoms with Crippen LogP contribution in [0.2, 0.25) is 0 Å². The number of nitrogens with one attached hydrogen (secondary N) is 1. The molecular formula is C12H18N5O5+. The number of hydrogen-bond acceptors (Lipinski definition) is 8. The SMILES string of the molecule is C[N+]1(C=O)CN([C@H]2C[C@H](O)[C@@H](CO)O2)c2nc(N)[nH]c(=O)c21. The zero-order chi connectivity index (χ0) is 16.1. The van der Waals surface area contributed by atoms with Gasteiger partial charge in [-0.2, -0.15) is 4.98 Å². The van der Waals surface area contributed by atoms with Crippen molar-refractivity contribution in [2.75, 3.05) is 31.0 Å². The molecule has 4 atom stereocenters. The van der Waals surface area contributed by atoms with Gasteiger partial charge in [-0.1, -0.05) is 0 Å². The molecule has 5 N–H and O–H groups in total. The van der Waals surface area contributed by atoms with E-state index in [0.717, 1.165) is 0 Å². The molecule has 1 fully saturated rings. The first kappa shape index (κ1) is 14.9. The van der Waals surface area contributed by atoms with Crippen molar-refractivity contribution in [1.82, 2.24) is 14.5 Å². The summed E-state index contributed by atoms with van der Waals surface area (Å²) in [6.07, 6.45) is -1.25. The highest BCUT2D eigenvalue weighted by Crippen LogP contribution is 2.38. The summed E-state index contributed by atoms with van der Waals surface area (Å²) in [5.41, 5.74) is 5.27. The zero-order valence-corrected chi connectivity index (χ0v) is 12.0. The first-order chi connectivity index (χ1) is 10.4. The third-order valence-electron chi connectivity index (χ3n) is 4.09. The molecule has 1 saturated heterocycles. The Hall–Kier alpha value is -2.01. The summed E-state index contributed by atoms with van der Waals surface area (Å²) < 4.78 is 5.29. The Morgan fingerprint density at radius 2 is 2.36 bits per heavy atom. The van der Waals surface area contributed by atoms with Gasteiger partial charge in [0.05, 0.1) is 19.8 Å². The summed E-state index contributed by atoms with van der Waals surface area (Å²) in [6.45, 7) is -0.184. The average molecular weight is 312 g/mol. The predicted octanol–water partition coefficient (Wildman–Crippen LogP) is -2.31. The number of aromatic amines is 1. The quantitative estimate of drug-likeness (QED) is 0.360. The largest absolute Gasteiger partial charge is 0.394 e. The second-order valence-corrected chi connectivity index (χ2v) is 5.72. The Balaban J connectivity index is 2.04. The van der Waals surface area contributed by atoms with Gasteiger partial charge in [-0.15, -0.1) is 0 Å². The number of aromatic nitrogens is 2. The molecule has 0 saturated carbocycles. The van der Waals surface area contributed by atoms with Gasteiger partial charge in [0.25, 0.3) is 5.69 Å². The van der Waals surface area contributed by atoms with E-state index in [0.29, 0.717) is 6.41 Å². The minimum absolute atomic E-state index is 0.0645. The second kappa shape index (κ2) is 5.02. The molecule has 0 spiro atoms. The van der Waals surface area contributed by atoms with E-state index >= 15 is 0 Å². The number of ether oxygens (including phenoxy) is 1. The third kappa shape index (κ3) is 2.08. The van der Waals surface area contributed by atoms with Crippen LogP contribution < -0.4 is 20.7 Å². The van der Waals surface area contributed by atoms with Gasteiger partial charge in [-0.05, 0) is 0 Å². The zero-order valence-electron chi connectivity index (χ0n) is 12.0. The van der Waals surface area contributed by atoms with Crippen LogP contribution in [0.15, 0.2) is 4.79 Å². The lowest BCUT2D eigenvalue weighted by Gasteiger charge is -2.25. The summed E-state index contributed by atoms with van der Waals surface area (Å²) in [6, 6.07) is 0. The molecule has 3 heterocycles. The van der Waals surface area contributed by atoms with Crippen molar-refractivity contribution in [2.45, 2.75) is 24.9 Å². The summed E-state index contributed by atoms with van der Waals surface area (Å²) in [5.74, 6) is 0.192. The number of aliphatic hydroxyl groups is 2. The van der Waals surface area contributed by atoms with Crippen molar-refractivity contribution < 1.29 is 19.7 Å². The number of nitrogens with zero attached hydrogens (tertiary/aromatic N) is 3. The number of hydrogen-bond donors (Lipinski definition) is 4. The molecule has 2 aliphatic heterocycles. The van der Waals surface area contributed by atoms with E-state index in [1.165, 1.54) is 0 Å². The molecule has 0 aromatic carbocycles. The van der Waals surface area contributed by atoms with E-state index in [-0.39, 0.29) is 41.6 Å². The maximum atomic E-state index is 12.1. The lowest BCUT2D eigenvalue weighted by molar-refractivity contribution is -0.116. The number of fused-ring (bicyclic) bond motifs is 1. The molecule has 1 unspecified atom stereocenters. The van der Waals surface area contributed by atoms with Crippen LogP contribution in [0.4, 0.5) is 17.5 Å². The predicted molar refractivity (Wildman–Crippen MR) is 76.8 cm³/mol. The van der Waals surface area contributed by atoms with Crippen molar-refractivity contribution in [1.29, 1.82) is 0 Å². The van der Waals surface area contributed by atoms with E-state index in [9.17, 15) is 19.8 Å². The third-order valence-corrected chi connectivity index (χ3v) is 4.09. The van der Waals surface area contributed by atoms with E-state index in [1.54, 1.807) is 11.9 Å².